The van der Waals surface area contributed by atoms with E-state index in [-0.39, 0.29) is 36.9 Å². The van der Waals surface area contributed by atoms with Gasteiger partial charge in [0, 0.05) is 39.3 Å². The molecule has 0 aromatic carbocycles. The molecule has 4 N–H and O–H groups in total. The molecule has 3 unspecified atom stereocenters. The van der Waals surface area contributed by atoms with Gasteiger partial charge in [-0.15, -0.1) is 0 Å². The van der Waals surface area contributed by atoms with Crippen molar-refractivity contribution in [2.45, 2.75) is 130 Å². The number of hydrogen-bond donors (Lipinski definition) is 1. The van der Waals surface area contributed by atoms with Crippen LogP contribution in [-0.2, 0) is 51.4 Å². The third-order valence-corrected chi connectivity index (χ3v) is 8.30. The first-order valence-electron chi connectivity index (χ1n) is 15.9. The molecule has 0 saturated carbocycles. The summed E-state index contributed by atoms with van der Waals surface area (Å²) < 4.78 is 14.2. The molecule has 1 amide bonds. The van der Waals surface area contributed by atoms with E-state index in [9.17, 15) is 4.79 Å². The molecule has 11 nitrogen and oxygen atoms in total. The summed E-state index contributed by atoms with van der Waals surface area (Å²) in [4.78, 5) is 10.5. The first-order chi connectivity index (χ1) is 19.6. The van der Waals surface area contributed by atoms with Crippen molar-refractivity contribution >= 4 is 6.41 Å². The molecule has 0 saturated heterocycles. The van der Waals surface area contributed by atoms with Crippen molar-refractivity contribution in [2.75, 3.05) is 6.54 Å². The third-order valence-electron chi connectivity index (χ3n) is 8.30. The van der Waals surface area contributed by atoms with E-state index >= 15 is 0 Å². The van der Waals surface area contributed by atoms with Crippen LogP contribution in [0, 0.1) is 5.92 Å². The van der Waals surface area contributed by atoms with Gasteiger partial charge in [0.15, 0.2) is 0 Å². The second kappa shape index (κ2) is 24.9. The smallest absolute Gasteiger partial charge is 0.243 e. The molecule has 0 aliphatic rings. The number of imidazole rings is 3. The molecule has 12 heteroatoms. The van der Waals surface area contributed by atoms with E-state index in [4.69, 9.17) is 0 Å². The SMILES string of the molecule is CCCC[n+]1ccn(C(CC)CCC(CC(CC)n2cc[n+](CCCC)c2)C[n+]2ccn(CCCNC=O)c2)c1.[OH-].[OH-].[OH-].[Pd]. The zero-order chi connectivity index (χ0) is 28.6. The summed E-state index contributed by atoms with van der Waals surface area (Å²) in [5, 5.41) is 2.76. The second-order valence-electron chi connectivity index (χ2n) is 11.5. The molecule has 3 rings (SSSR count). The van der Waals surface area contributed by atoms with Gasteiger partial charge in [0.05, 0.1) is 26.2 Å². The molecule has 0 aliphatic carbocycles. The van der Waals surface area contributed by atoms with Gasteiger partial charge in [-0.05, 0) is 44.9 Å². The first kappa shape index (κ1) is 43.8. The summed E-state index contributed by atoms with van der Waals surface area (Å²) in [6, 6.07) is 1.04. The number of hydrogen-bond acceptors (Lipinski definition) is 4. The van der Waals surface area contributed by atoms with Crippen LogP contribution >= 0.6 is 0 Å². The maximum Gasteiger partial charge on any atom is 0.243 e. The van der Waals surface area contributed by atoms with E-state index in [1.165, 1.54) is 44.9 Å². The second-order valence-corrected chi connectivity index (χ2v) is 11.5. The van der Waals surface area contributed by atoms with E-state index in [0.717, 1.165) is 51.9 Å². The summed E-state index contributed by atoms with van der Waals surface area (Å²) in [5.74, 6) is 0.589. The molecule has 256 valence electrons. The molecule has 3 aromatic heterocycles. The van der Waals surface area contributed by atoms with E-state index in [1.807, 2.05) is 0 Å². The predicted molar refractivity (Wildman–Crippen MR) is 164 cm³/mol. The van der Waals surface area contributed by atoms with Crippen LogP contribution in [-0.4, -0.2) is 43.1 Å². The number of carbonyl (C=O) groups excluding carboxylic acids is 1. The van der Waals surface area contributed by atoms with Crippen molar-refractivity contribution < 1.29 is 55.3 Å². The summed E-state index contributed by atoms with van der Waals surface area (Å²) in [6.45, 7) is 14.0. The Hall–Kier alpha value is -2.36. The van der Waals surface area contributed by atoms with Crippen LogP contribution in [0.5, 0.6) is 0 Å². The summed E-state index contributed by atoms with van der Waals surface area (Å²) in [7, 11) is 0. The minimum absolute atomic E-state index is 0. The average molecular weight is 712 g/mol. The molecule has 0 fully saturated rings. The Morgan fingerprint density at radius 1 is 0.727 bits per heavy atom. The zero-order valence-corrected chi connectivity index (χ0v) is 28.9. The summed E-state index contributed by atoms with van der Waals surface area (Å²) >= 11 is 0. The number of amides is 1. The Labute approximate surface area is 278 Å². The van der Waals surface area contributed by atoms with Crippen molar-refractivity contribution in [3.05, 3.63) is 56.2 Å². The third kappa shape index (κ3) is 14.6. The van der Waals surface area contributed by atoms with Crippen molar-refractivity contribution in [1.82, 2.24) is 19.0 Å². The summed E-state index contributed by atoms with van der Waals surface area (Å²) in [6.07, 6.45) is 32.8. The number of rotatable bonds is 22. The Balaban J connectivity index is 0. The molecule has 3 heterocycles. The fourth-order valence-electron chi connectivity index (χ4n) is 5.76. The molecule has 0 spiro atoms. The molecule has 0 bridgehead atoms. The van der Waals surface area contributed by atoms with E-state index in [2.05, 4.69) is 117 Å². The van der Waals surface area contributed by atoms with Crippen molar-refractivity contribution in [3.8, 4) is 0 Å². The first-order valence-corrected chi connectivity index (χ1v) is 15.9. The van der Waals surface area contributed by atoms with Gasteiger partial charge in [0.25, 0.3) is 0 Å². The number of carbonyl (C=O) groups is 1. The number of nitrogens with one attached hydrogen (secondary N) is 1. The largest absolute Gasteiger partial charge is 0.870 e. The molecular formula is C32H59N7O4Pd. The number of unbranched alkanes of at least 4 members (excludes halogenated alkanes) is 2. The minimum Gasteiger partial charge on any atom is -0.870 e. The normalized spacial score (nSPS) is 12.5. The van der Waals surface area contributed by atoms with Crippen molar-refractivity contribution in [2.24, 2.45) is 5.92 Å². The van der Waals surface area contributed by atoms with Crippen LogP contribution in [0.15, 0.2) is 56.2 Å². The monoisotopic (exact) mass is 711 g/mol. The minimum atomic E-state index is 0. The number of nitrogens with zero attached hydrogens (tertiary/aromatic N) is 6. The van der Waals surface area contributed by atoms with Crippen LogP contribution in [0.25, 0.3) is 0 Å². The Kier molecular flexibility index (Phi) is 24.8. The van der Waals surface area contributed by atoms with E-state index < -0.39 is 0 Å². The Morgan fingerprint density at radius 2 is 1.30 bits per heavy atom. The fraction of sp³-hybridized carbons (Fsp3) is 0.688. The molecule has 3 aromatic rings. The fourth-order valence-corrected chi connectivity index (χ4v) is 5.76. The topological polar surface area (TPSA) is 146 Å². The van der Waals surface area contributed by atoms with Gasteiger partial charge in [-0.3, -0.25) is 4.79 Å². The number of aryl methyl sites for hydroxylation is 3. The maximum atomic E-state index is 10.5. The van der Waals surface area contributed by atoms with Gasteiger partial charge in [-0.25, -0.2) is 27.4 Å². The van der Waals surface area contributed by atoms with Crippen molar-refractivity contribution in [3.63, 3.8) is 0 Å². The van der Waals surface area contributed by atoms with Crippen LogP contribution < -0.4 is 19.0 Å². The maximum absolute atomic E-state index is 10.5. The predicted octanol–water partition coefficient (Wildman–Crippen LogP) is 4.25. The van der Waals surface area contributed by atoms with E-state index in [1.54, 1.807) is 0 Å². The molecule has 44 heavy (non-hydrogen) atoms. The molecular weight excluding hydrogens is 653 g/mol. The van der Waals surface area contributed by atoms with Crippen LogP contribution in [0.1, 0.15) is 104 Å². The van der Waals surface area contributed by atoms with Crippen molar-refractivity contribution in [1.29, 1.82) is 0 Å². The van der Waals surface area contributed by atoms with Crippen LogP contribution in [0.2, 0.25) is 0 Å². The molecule has 3 atom stereocenters. The van der Waals surface area contributed by atoms with E-state index in [0.29, 0.717) is 24.5 Å². The van der Waals surface area contributed by atoms with Gasteiger partial charge in [0.1, 0.15) is 49.3 Å². The quantitative estimate of drug-likeness (QED) is 0.0719. The average Bonchev–Trinajstić information content (AvgIpc) is 3.74. The van der Waals surface area contributed by atoms with Gasteiger partial charge in [-0.1, -0.05) is 40.5 Å². The van der Waals surface area contributed by atoms with Gasteiger partial charge >= 0.3 is 0 Å². The molecule has 0 radical (unpaired) electrons. The Morgan fingerprint density at radius 3 is 1.84 bits per heavy atom. The standard InChI is InChI=1S/C32H55N7O.3H2O.Pd/c1-5-9-15-35-20-22-38(28-35)31(7-3)13-12-30(25-37-19-18-34(27-37)17-11-14-33-26-40)24-32(8-4)39-23-21-36(29-39)16-10-6-2;;;;/h18-23,26-32H,5-17,24-25H2,1-4H3;3*1H2;/q+2;;;;/p-2. The van der Waals surface area contributed by atoms with Gasteiger partial charge in [-0.2, -0.15) is 0 Å². The molecule has 0 aliphatic heterocycles. The van der Waals surface area contributed by atoms with Gasteiger partial charge < -0.3 is 21.7 Å². The van der Waals surface area contributed by atoms with Crippen LogP contribution in [0.4, 0.5) is 0 Å². The summed E-state index contributed by atoms with van der Waals surface area (Å²) in [5.41, 5.74) is 0. The Bertz CT molecular complexity index is 1100. The van der Waals surface area contributed by atoms with Gasteiger partial charge in [0.2, 0.25) is 25.4 Å². The zero-order valence-electron chi connectivity index (χ0n) is 27.4. The number of aromatic nitrogens is 6. The van der Waals surface area contributed by atoms with Crippen LogP contribution in [0.3, 0.4) is 0 Å².